The number of carbonyl (C=O) groups is 2. The third-order valence-corrected chi connectivity index (χ3v) is 10.7. The molecule has 2 unspecified atom stereocenters. The molecule has 1 fully saturated rings. The topological polar surface area (TPSA) is 123 Å². The van der Waals surface area contributed by atoms with Crippen molar-refractivity contribution in [3.8, 4) is 17.6 Å². The summed E-state index contributed by atoms with van der Waals surface area (Å²) in [5.41, 5.74) is 5.35. The normalized spacial score (nSPS) is 13.6. The number of benzene rings is 3. The first-order valence-corrected chi connectivity index (χ1v) is 20.4. The minimum Gasteiger partial charge on any atom is -0.495 e. The molecule has 2 heterocycles. The minimum atomic E-state index is -4.42. The van der Waals surface area contributed by atoms with Crippen molar-refractivity contribution in [3.05, 3.63) is 83.0 Å². The smallest absolute Gasteiger partial charge is 0.406 e. The zero-order valence-electron chi connectivity index (χ0n) is 36.6. The third-order valence-electron chi connectivity index (χ3n) is 10.7. The summed E-state index contributed by atoms with van der Waals surface area (Å²) in [6, 6.07) is 17.9. The maximum Gasteiger partial charge on any atom is 0.406 e. The highest BCUT2D eigenvalue weighted by Crippen LogP contribution is 2.31. The Morgan fingerprint density at radius 3 is 2.32 bits per heavy atom. The van der Waals surface area contributed by atoms with E-state index in [4.69, 9.17) is 9.84 Å². The van der Waals surface area contributed by atoms with E-state index in [0.717, 1.165) is 23.9 Å². The zero-order chi connectivity index (χ0) is 44.4. The van der Waals surface area contributed by atoms with E-state index in [1.165, 1.54) is 44.0 Å². The molecule has 0 saturated carbocycles. The first-order chi connectivity index (χ1) is 28.7. The van der Waals surface area contributed by atoms with Crippen LogP contribution in [-0.2, 0) is 17.8 Å². The summed E-state index contributed by atoms with van der Waals surface area (Å²) in [6.45, 7) is 10.5. The number of fused-ring (bicyclic) bond motifs is 1. The Kier molecular flexibility index (Phi) is 19.6. The van der Waals surface area contributed by atoms with Gasteiger partial charge in [-0.15, -0.1) is 0 Å². The number of rotatable bonds is 15. The molecule has 0 bridgehead atoms. The summed E-state index contributed by atoms with van der Waals surface area (Å²) < 4.78 is 47.2. The molecular formula is C46H64F3N7O4. The van der Waals surface area contributed by atoms with Gasteiger partial charge in [0, 0.05) is 56.1 Å². The van der Waals surface area contributed by atoms with Crippen molar-refractivity contribution in [2.24, 2.45) is 5.92 Å². The highest BCUT2D eigenvalue weighted by atomic mass is 19.4. The van der Waals surface area contributed by atoms with Crippen molar-refractivity contribution in [1.82, 2.24) is 20.1 Å². The Balaban J connectivity index is 0.000000953. The summed E-state index contributed by atoms with van der Waals surface area (Å²) in [7, 11) is 8.48. The van der Waals surface area contributed by atoms with Gasteiger partial charge in [-0.05, 0) is 119 Å². The van der Waals surface area contributed by atoms with Crippen molar-refractivity contribution < 1.29 is 32.6 Å². The van der Waals surface area contributed by atoms with Crippen molar-refractivity contribution in [3.63, 3.8) is 0 Å². The van der Waals surface area contributed by atoms with Crippen LogP contribution in [0.1, 0.15) is 80.2 Å². The summed E-state index contributed by atoms with van der Waals surface area (Å²) in [5.74, 6) is 6.42. The molecule has 1 aliphatic rings. The van der Waals surface area contributed by atoms with Crippen LogP contribution >= 0.6 is 0 Å². The monoisotopic (exact) mass is 835 g/mol. The number of aliphatic hydroxyl groups excluding tert-OH is 1. The van der Waals surface area contributed by atoms with Gasteiger partial charge in [0.05, 0.1) is 36.6 Å². The number of amides is 2. The number of aromatic nitrogens is 1. The molecule has 4 aromatic rings. The Labute approximate surface area is 354 Å². The third kappa shape index (κ3) is 14.1. The summed E-state index contributed by atoms with van der Waals surface area (Å²) in [6.07, 6.45) is 1.22. The number of anilines is 3. The lowest BCUT2D eigenvalue weighted by Gasteiger charge is -2.32. The number of methoxy groups -OCH3 is 1. The van der Waals surface area contributed by atoms with E-state index in [1.807, 2.05) is 19.1 Å². The van der Waals surface area contributed by atoms with Crippen LogP contribution in [0.4, 0.5) is 30.2 Å². The second-order valence-electron chi connectivity index (χ2n) is 15.2. The lowest BCUT2D eigenvalue weighted by atomic mass is 9.98. The number of hydrogen-bond acceptors (Lipinski definition) is 8. The van der Waals surface area contributed by atoms with Crippen molar-refractivity contribution in [2.45, 2.75) is 78.2 Å². The minimum absolute atomic E-state index is 0.0874. The first kappa shape index (κ1) is 49.0. The van der Waals surface area contributed by atoms with Crippen LogP contribution in [0.25, 0.3) is 10.9 Å². The quantitative estimate of drug-likeness (QED) is 0.0470. The summed E-state index contributed by atoms with van der Waals surface area (Å²) >= 11 is 0. The molecule has 5 N–H and O–H groups in total. The van der Waals surface area contributed by atoms with E-state index in [-0.39, 0.29) is 30.2 Å². The Hall–Kier alpha value is -5.39. The number of nitrogens with zero attached hydrogens (tertiary/aromatic N) is 3. The number of ether oxygens (including phenoxy) is 1. The molecule has 328 valence electrons. The number of halogens is 3. The zero-order valence-corrected chi connectivity index (χ0v) is 36.6. The molecule has 1 saturated heterocycles. The molecule has 14 heteroatoms. The number of nitrogens with one attached hydrogen (secondary N) is 4. The molecule has 1 aromatic heterocycles. The van der Waals surface area contributed by atoms with Crippen molar-refractivity contribution in [2.75, 3.05) is 77.1 Å². The number of carbonyl (C=O) groups excluding carboxylic acids is 2. The number of hydrogen-bond donors (Lipinski definition) is 5. The number of likely N-dealkylation sites (tertiary alicyclic amines) is 1. The van der Waals surface area contributed by atoms with E-state index >= 15 is 0 Å². The fraction of sp³-hybridized carbons (Fsp3) is 0.478. The first-order valence-electron chi connectivity index (χ1n) is 20.4. The molecule has 0 spiro atoms. The molecular weight excluding hydrogens is 772 g/mol. The van der Waals surface area contributed by atoms with Crippen LogP contribution in [0.5, 0.6) is 5.75 Å². The second-order valence-corrected chi connectivity index (χ2v) is 15.2. The van der Waals surface area contributed by atoms with Gasteiger partial charge in [0.15, 0.2) is 0 Å². The van der Waals surface area contributed by atoms with Gasteiger partial charge in [0.25, 0.3) is 5.91 Å². The summed E-state index contributed by atoms with van der Waals surface area (Å²) in [4.78, 5) is 28.9. The van der Waals surface area contributed by atoms with Gasteiger partial charge >= 0.3 is 6.18 Å². The molecule has 0 aliphatic carbocycles. The molecule has 3 aromatic carbocycles. The standard InChI is InChI=1S/C39H47F3N6O3.C6H13N.CH4O/c1-25(2)27(4)47(6)36-21-29(14-13-28(36)17-19-44-24-49)26(3)46-38(50)30-15-16-37(51-7)34(20-30)45-18-9-10-31-22-32-33(43-5)11-8-12-35(32)48(31)23-39(40,41)42;1-7-5-3-2-4-6-7;1-2/h8,11-16,20-22,24-27,43,45H,17-19,23H2,1-7H3,(H,44,49)(H,46,50);2-6H2,1H3;2H,1H3. The van der Waals surface area contributed by atoms with Gasteiger partial charge in [-0.3, -0.25) is 9.59 Å². The van der Waals surface area contributed by atoms with Crippen LogP contribution in [0.2, 0.25) is 0 Å². The number of alkyl halides is 3. The summed E-state index contributed by atoms with van der Waals surface area (Å²) in [5, 5.41) is 19.6. The van der Waals surface area contributed by atoms with Crippen LogP contribution in [-0.4, -0.2) is 101 Å². The Bertz CT molecular complexity index is 2030. The largest absolute Gasteiger partial charge is 0.495 e. The predicted octanol–water partition coefficient (Wildman–Crippen LogP) is 7.69. The molecule has 2 amide bonds. The van der Waals surface area contributed by atoms with Crippen molar-refractivity contribution >= 4 is 40.3 Å². The highest BCUT2D eigenvalue weighted by Gasteiger charge is 2.30. The highest BCUT2D eigenvalue weighted by molar-refractivity contribution is 5.96. The number of piperidine rings is 1. The van der Waals surface area contributed by atoms with Crippen molar-refractivity contribution in [1.29, 1.82) is 0 Å². The van der Waals surface area contributed by atoms with Crippen LogP contribution in [0.15, 0.2) is 60.7 Å². The fourth-order valence-electron chi connectivity index (χ4n) is 6.95. The number of aliphatic hydroxyl groups is 1. The van der Waals surface area contributed by atoms with Gasteiger partial charge in [0.2, 0.25) is 6.41 Å². The van der Waals surface area contributed by atoms with E-state index in [2.05, 4.69) is 83.8 Å². The molecule has 5 rings (SSSR count). The van der Waals surface area contributed by atoms with Gasteiger partial charge < -0.3 is 45.5 Å². The lowest BCUT2D eigenvalue weighted by molar-refractivity contribution is -0.140. The van der Waals surface area contributed by atoms with E-state index in [1.54, 1.807) is 49.5 Å². The lowest BCUT2D eigenvalue weighted by Crippen LogP contribution is -2.34. The van der Waals surface area contributed by atoms with E-state index in [0.29, 0.717) is 58.9 Å². The van der Waals surface area contributed by atoms with Gasteiger partial charge in [0.1, 0.15) is 12.3 Å². The predicted molar refractivity (Wildman–Crippen MR) is 238 cm³/mol. The van der Waals surface area contributed by atoms with Gasteiger partial charge in [-0.1, -0.05) is 44.4 Å². The van der Waals surface area contributed by atoms with Crippen LogP contribution in [0, 0.1) is 17.8 Å². The Morgan fingerprint density at radius 1 is 1.00 bits per heavy atom. The molecule has 60 heavy (non-hydrogen) atoms. The van der Waals surface area contributed by atoms with Crippen LogP contribution in [0.3, 0.4) is 0 Å². The molecule has 2 atom stereocenters. The molecule has 0 radical (unpaired) electrons. The second kappa shape index (κ2) is 24.0. The average Bonchev–Trinajstić information content (AvgIpc) is 3.58. The Morgan fingerprint density at radius 2 is 1.72 bits per heavy atom. The SMILES string of the molecule is CN1CCCCC1.CNc1cccc2c1cc(C#CCNc1cc(C(=O)NC(C)c3ccc(CCNC=O)c(N(C)C(C)C(C)C)c3)ccc1OC)n2CC(F)(F)F.CO. The molecule has 11 nitrogen and oxygen atoms in total. The van der Waals surface area contributed by atoms with Crippen LogP contribution < -0.4 is 30.9 Å². The van der Waals surface area contributed by atoms with Gasteiger partial charge in [-0.2, -0.15) is 13.2 Å². The van der Waals surface area contributed by atoms with E-state index < -0.39 is 12.7 Å². The maximum absolute atomic E-state index is 13.5. The average molecular weight is 836 g/mol. The molecule has 1 aliphatic heterocycles. The van der Waals surface area contributed by atoms with Gasteiger partial charge in [-0.25, -0.2) is 0 Å². The van der Waals surface area contributed by atoms with E-state index in [9.17, 15) is 22.8 Å². The fourth-order valence-corrected chi connectivity index (χ4v) is 6.95. The maximum atomic E-state index is 13.5.